The van der Waals surface area contributed by atoms with E-state index in [4.69, 9.17) is 5.11 Å². The number of carbonyl (C=O) groups is 1. The highest BCUT2D eigenvalue weighted by Crippen LogP contribution is 2.27. The van der Waals surface area contributed by atoms with Crippen LogP contribution in [0.5, 0.6) is 0 Å². The van der Waals surface area contributed by atoms with Crippen molar-refractivity contribution in [2.45, 2.75) is 30.9 Å². The maximum atomic E-state index is 12.0. The summed E-state index contributed by atoms with van der Waals surface area (Å²) in [4.78, 5) is 12.0. The fourth-order valence-corrected chi connectivity index (χ4v) is 2.55. The van der Waals surface area contributed by atoms with Gasteiger partial charge < -0.3 is 20.8 Å². The monoisotopic (exact) mass is 278 g/mol. The van der Waals surface area contributed by atoms with E-state index >= 15 is 0 Å². The Labute approximate surface area is 119 Å². The molecule has 5 nitrogen and oxygen atoms in total. The van der Waals surface area contributed by atoms with Gasteiger partial charge in [0.25, 0.3) is 0 Å². The third-order valence-corrected chi connectivity index (χ3v) is 3.71. The molecule has 0 aliphatic carbocycles. The van der Waals surface area contributed by atoms with Gasteiger partial charge in [0.2, 0.25) is 5.91 Å². The summed E-state index contributed by atoms with van der Waals surface area (Å²) in [5.41, 5.74) is 1.27. The van der Waals surface area contributed by atoms with Crippen LogP contribution in [0.3, 0.4) is 0 Å². The smallest absolute Gasteiger partial charge is 0.237 e. The third-order valence-electron chi connectivity index (χ3n) is 3.71. The molecule has 0 aromatic heterocycles. The average Bonchev–Trinajstić information content (AvgIpc) is 2.53. The summed E-state index contributed by atoms with van der Waals surface area (Å²) in [6, 6.07) is 9.99. The highest BCUT2D eigenvalue weighted by atomic mass is 16.3. The van der Waals surface area contributed by atoms with Crippen molar-refractivity contribution in [3.8, 4) is 0 Å². The Balaban J connectivity index is 1.88. The molecule has 2 rings (SSSR count). The maximum Gasteiger partial charge on any atom is 0.237 e. The van der Waals surface area contributed by atoms with E-state index in [1.807, 2.05) is 18.2 Å². The molecule has 1 fully saturated rings. The fourth-order valence-electron chi connectivity index (χ4n) is 2.55. The Morgan fingerprint density at radius 1 is 1.40 bits per heavy atom. The molecule has 0 unspecified atom stereocenters. The first-order valence-electron chi connectivity index (χ1n) is 7.05. The van der Waals surface area contributed by atoms with Crippen molar-refractivity contribution in [3.05, 3.63) is 35.9 Å². The average molecular weight is 278 g/mol. The molecule has 1 aromatic carbocycles. The van der Waals surface area contributed by atoms with Crippen LogP contribution in [0, 0.1) is 0 Å². The lowest BCUT2D eigenvalue weighted by Crippen LogP contribution is -2.49. The summed E-state index contributed by atoms with van der Waals surface area (Å²) in [5, 5.41) is 23.8. The van der Waals surface area contributed by atoms with Crippen LogP contribution in [-0.2, 0) is 4.79 Å². The van der Waals surface area contributed by atoms with Crippen LogP contribution >= 0.6 is 0 Å². The zero-order valence-electron chi connectivity index (χ0n) is 11.5. The molecule has 4 N–H and O–H groups in total. The van der Waals surface area contributed by atoms with E-state index in [9.17, 15) is 9.90 Å². The molecule has 3 atom stereocenters. The van der Waals surface area contributed by atoms with Crippen molar-refractivity contribution in [1.82, 2.24) is 10.6 Å². The van der Waals surface area contributed by atoms with Crippen LogP contribution < -0.4 is 10.6 Å². The number of aliphatic hydroxyl groups excluding tert-OH is 2. The normalized spacial score (nSPS) is 24.1. The van der Waals surface area contributed by atoms with Crippen molar-refractivity contribution >= 4 is 5.91 Å². The van der Waals surface area contributed by atoms with Gasteiger partial charge in [-0.1, -0.05) is 30.3 Å². The number of piperidine rings is 1. The number of aliphatic hydroxyl groups is 2. The number of carbonyl (C=O) groups excluding carboxylic acids is 1. The highest BCUT2D eigenvalue weighted by molar-refractivity contribution is 5.82. The van der Waals surface area contributed by atoms with Crippen molar-refractivity contribution in [3.63, 3.8) is 0 Å². The SMILES string of the molecule is O=C(NC[C@H](O)CO)[C@H]1C[C@@H](c2ccccc2)CCN1. The minimum absolute atomic E-state index is 0.0868. The van der Waals surface area contributed by atoms with E-state index in [1.165, 1.54) is 5.56 Å². The predicted molar refractivity (Wildman–Crippen MR) is 76.3 cm³/mol. The molecule has 0 saturated carbocycles. The Morgan fingerprint density at radius 2 is 2.15 bits per heavy atom. The van der Waals surface area contributed by atoms with Crippen LogP contribution in [0.2, 0.25) is 0 Å². The van der Waals surface area contributed by atoms with Crippen LogP contribution in [0.4, 0.5) is 0 Å². The summed E-state index contributed by atoms with van der Waals surface area (Å²) >= 11 is 0. The Morgan fingerprint density at radius 3 is 2.85 bits per heavy atom. The minimum Gasteiger partial charge on any atom is -0.394 e. The Kier molecular flexibility index (Phi) is 5.52. The number of rotatable bonds is 5. The van der Waals surface area contributed by atoms with E-state index in [0.717, 1.165) is 19.4 Å². The number of hydrogen-bond donors (Lipinski definition) is 4. The molecule has 1 aromatic rings. The molecule has 1 aliphatic heterocycles. The summed E-state index contributed by atoms with van der Waals surface area (Å²) < 4.78 is 0. The van der Waals surface area contributed by atoms with Crippen LogP contribution in [-0.4, -0.2) is 48.0 Å². The summed E-state index contributed by atoms with van der Waals surface area (Å²) in [6.45, 7) is 0.550. The predicted octanol–water partition coefficient (Wildman–Crippen LogP) is -0.00840. The Hall–Kier alpha value is -1.43. The van der Waals surface area contributed by atoms with Crippen LogP contribution in [0.15, 0.2) is 30.3 Å². The van der Waals surface area contributed by atoms with Gasteiger partial charge in [0.05, 0.1) is 18.8 Å². The lowest BCUT2D eigenvalue weighted by Gasteiger charge is -2.30. The van der Waals surface area contributed by atoms with E-state index in [2.05, 4.69) is 22.8 Å². The van der Waals surface area contributed by atoms with Gasteiger partial charge in [-0.05, 0) is 30.9 Å². The highest BCUT2D eigenvalue weighted by Gasteiger charge is 2.27. The van der Waals surface area contributed by atoms with Gasteiger partial charge in [0.1, 0.15) is 0 Å². The minimum atomic E-state index is -0.896. The standard InChI is InChI=1S/C15H22N2O3/c18-10-13(19)9-17-15(20)14-8-12(6-7-16-14)11-4-2-1-3-5-11/h1-5,12-14,16,18-19H,6-10H2,(H,17,20)/t12-,13-,14+/m0/s1. The summed E-state index contributed by atoms with van der Waals surface area (Å²) in [5.74, 6) is 0.272. The first kappa shape index (κ1) is 15.0. The van der Waals surface area contributed by atoms with Crippen LogP contribution in [0.1, 0.15) is 24.3 Å². The van der Waals surface area contributed by atoms with Crippen molar-refractivity contribution in [2.24, 2.45) is 0 Å². The van der Waals surface area contributed by atoms with E-state index in [0.29, 0.717) is 5.92 Å². The third kappa shape index (κ3) is 4.03. The molecule has 1 aliphatic rings. The largest absolute Gasteiger partial charge is 0.394 e. The fraction of sp³-hybridized carbons (Fsp3) is 0.533. The molecule has 1 heterocycles. The van der Waals surface area contributed by atoms with Crippen molar-refractivity contribution < 1.29 is 15.0 Å². The van der Waals surface area contributed by atoms with Gasteiger partial charge in [0, 0.05) is 6.54 Å². The topological polar surface area (TPSA) is 81.6 Å². The number of hydrogen-bond acceptors (Lipinski definition) is 4. The lowest BCUT2D eigenvalue weighted by atomic mass is 9.86. The molecule has 0 bridgehead atoms. The lowest BCUT2D eigenvalue weighted by molar-refractivity contribution is -0.124. The van der Waals surface area contributed by atoms with Crippen molar-refractivity contribution in [1.29, 1.82) is 0 Å². The molecule has 0 radical (unpaired) electrons. The van der Waals surface area contributed by atoms with Crippen LogP contribution in [0.25, 0.3) is 0 Å². The molecule has 110 valence electrons. The zero-order valence-corrected chi connectivity index (χ0v) is 11.5. The molecule has 5 heteroatoms. The van der Waals surface area contributed by atoms with Gasteiger partial charge in [-0.25, -0.2) is 0 Å². The van der Waals surface area contributed by atoms with Gasteiger partial charge in [0.15, 0.2) is 0 Å². The molecule has 1 saturated heterocycles. The van der Waals surface area contributed by atoms with Gasteiger partial charge >= 0.3 is 0 Å². The van der Waals surface area contributed by atoms with Gasteiger partial charge in [-0.15, -0.1) is 0 Å². The quantitative estimate of drug-likeness (QED) is 0.611. The molecule has 0 spiro atoms. The number of benzene rings is 1. The number of amides is 1. The molecule has 20 heavy (non-hydrogen) atoms. The summed E-state index contributed by atoms with van der Waals surface area (Å²) in [6.07, 6.45) is 0.880. The van der Waals surface area contributed by atoms with E-state index < -0.39 is 6.10 Å². The second kappa shape index (κ2) is 7.38. The molecule has 1 amide bonds. The molecular weight excluding hydrogens is 256 g/mol. The second-order valence-corrected chi connectivity index (χ2v) is 5.22. The zero-order chi connectivity index (χ0) is 14.4. The van der Waals surface area contributed by atoms with Gasteiger partial charge in [-0.2, -0.15) is 0 Å². The second-order valence-electron chi connectivity index (χ2n) is 5.22. The van der Waals surface area contributed by atoms with E-state index in [1.54, 1.807) is 0 Å². The first-order chi connectivity index (χ1) is 9.70. The van der Waals surface area contributed by atoms with Gasteiger partial charge in [-0.3, -0.25) is 4.79 Å². The van der Waals surface area contributed by atoms with Crippen molar-refractivity contribution in [2.75, 3.05) is 19.7 Å². The number of nitrogens with one attached hydrogen (secondary N) is 2. The maximum absolute atomic E-state index is 12.0. The summed E-state index contributed by atoms with van der Waals surface area (Å²) in [7, 11) is 0. The molecular formula is C15H22N2O3. The van der Waals surface area contributed by atoms with E-state index in [-0.39, 0.29) is 25.1 Å². The Bertz CT molecular complexity index is 424. The first-order valence-corrected chi connectivity index (χ1v) is 7.05.